The molecule has 0 aliphatic carbocycles. The van der Waals surface area contributed by atoms with Gasteiger partial charge < -0.3 is 20.1 Å². The molecule has 0 bridgehead atoms. The molecule has 2 aromatic rings. The molecule has 3 N–H and O–H groups in total. The monoisotopic (exact) mass is 398 g/mol. The van der Waals surface area contributed by atoms with Crippen molar-refractivity contribution >= 4 is 5.57 Å². The fourth-order valence-corrected chi connectivity index (χ4v) is 3.26. The smallest absolute Gasteiger partial charge is 0.120 e. The predicted octanol–water partition coefficient (Wildman–Crippen LogP) is 4.98. The fraction of sp³-hybridized carbons (Fsp3) is 0.440. The first-order chi connectivity index (χ1) is 13.9. The predicted molar refractivity (Wildman–Crippen MR) is 117 cm³/mol. The molecule has 0 saturated heterocycles. The van der Waals surface area contributed by atoms with Crippen molar-refractivity contribution in [3.63, 3.8) is 0 Å². The molecule has 0 atom stereocenters. The first-order valence-electron chi connectivity index (χ1n) is 10.3. The fourth-order valence-electron chi connectivity index (χ4n) is 3.26. The van der Waals surface area contributed by atoms with E-state index >= 15 is 0 Å². The van der Waals surface area contributed by atoms with Crippen molar-refractivity contribution in [1.29, 1.82) is 0 Å². The Morgan fingerprint density at radius 1 is 1.03 bits per heavy atom. The normalized spacial score (nSPS) is 12.3. The highest BCUT2D eigenvalue weighted by molar-refractivity contribution is 5.66. The average molecular weight is 399 g/mol. The van der Waals surface area contributed by atoms with Crippen molar-refractivity contribution in [1.82, 2.24) is 0 Å². The largest absolute Gasteiger partial charge is 0.489 e. The van der Waals surface area contributed by atoms with Gasteiger partial charge in [0.2, 0.25) is 0 Å². The van der Waals surface area contributed by atoms with E-state index in [0.717, 1.165) is 53.7 Å². The number of hydrogen-bond donors (Lipinski definition) is 3. The van der Waals surface area contributed by atoms with Crippen molar-refractivity contribution in [2.75, 3.05) is 0 Å². The number of rotatable bonds is 11. The van der Waals surface area contributed by atoms with Gasteiger partial charge >= 0.3 is 0 Å². The molecular weight excluding hydrogens is 364 g/mol. The zero-order valence-corrected chi connectivity index (χ0v) is 17.8. The zero-order chi connectivity index (χ0) is 21.3. The second-order valence-electron chi connectivity index (χ2n) is 8.07. The maximum atomic E-state index is 9.94. The van der Waals surface area contributed by atoms with E-state index in [0.29, 0.717) is 6.61 Å². The lowest BCUT2D eigenvalue weighted by Gasteiger charge is -2.16. The minimum absolute atomic E-state index is 0.0842. The summed E-state index contributed by atoms with van der Waals surface area (Å²) >= 11 is 0. The first-order valence-corrected chi connectivity index (χ1v) is 10.3. The van der Waals surface area contributed by atoms with Crippen LogP contribution in [-0.4, -0.2) is 20.9 Å². The van der Waals surface area contributed by atoms with Gasteiger partial charge in [0.1, 0.15) is 12.4 Å². The summed E-state index contributed by atoms with van der Waals surface area (Å²) in [5, 5.41) is 28.7. The summed E-state index contributed by atoms with van der Waals surface area (Å²) in [4.78, 5) is 0. The summed E-state index contributed by atoms with van der Waals surface area (Å²) in [5.74, 6) is 0.795. The second kappa shape index (κ2) is 11.1. The molecule has 0 aliphatic heterocycles. The minimum Gasteiger partial charge on any atom is -0.489 e. The Labute approximate surface area is 174 Å². The summed E-state index contributed by atoms with van der Waals surface area (Å²) in [6.45, 7) is 6.05. The number of benzene rings is 2. The van der Waals surface area contributed by atoms with E-state index in [1.54, 1.807) is 0 Å². The number of allylic oxidation sites excluding steroid dienone is 2. The molecule has 4 nitrogen and oxygen atoms in total. The molecule has 2 aromatic carbocycles. The average Bonchev–Trinajstić information content (AvgIpc) is 2.70. The van der Waals surface area contributed by atoms with Gasteiger partial charge in [0, 0.05) is 0 Å². The summed E-state index contributed by atoms with van der Waals surface area (Å²) < 4.78 is 5.98. The zero-order valence-electron chi connectivity index (χ0n) is 17.8. The van der Waals surface area contributed by atoms with Crippen LogP contribution in [0.4, 0.5) is 0 Å². The van der Waals surface area contributed by atoms with E-state index < -0.39 is 5.60 Å². The molecule has 0 heterocycles. The van der Waals surface area contributed by atoms with Crippen LogP contribution in [0, 0.1) is 0 Å². The molecule has 0 aliphatic rings. The SMILES string of the molecule is CCCC(=CCCC(C)(C)O)c1cccc(OCc2ccc(CO)c(CO)c2)c1. The van der Waals surface area contributed by atoms with Gasteiger partial charge in [-0.2, -0.15) is 0 Å². The lowest BCUT2D eigenvalue weighted by atomic mass is 9.97. The third-order valence-electron chi connectivity index (χ3n) is 4.89. The highest BCUT2D eigenvalue weighted by Gasteiger charge is 2.11. The van der Waals surface area contributed by atoms with Crippen molar-refractivity contribution < 1.29 is 20.1 Å². The quantitative estimate of drug-likeness (QED) is 0.499. The van der Waals surface area contributed by atoms with Crippen LogP contribution in [0.1, 0.15) is 68.7 Å². The molecule has 0 radical (unpaired) electrons. The van der Waals surface area contributed by atoms with Crippen molar-refractivity contribution in [3.8, 4) is 5.75 Å². The summed E-state index contributed by atoms with van der Waals surface area (Å²) in [7, 11) is 0. The lowest BCUT2D eigenvalue weighted by Crippen LogP contribution is -2.17. The van der Waals surface area contributed by atoms with E-state index in [9.17, 15) is 15.3 Å². The number of aliphatic hydroxyl groups is 3. The maximum absolute atomic E-state index is 9.94. The van der Waals surface area contributed by atoms with Gasteiger partial charge in [-0.25, -0.2) is 0 Å². The van der Waals surface area contributed by atoms with Crippen LogP contribution in [-0.2, 0) is 19.8 Å². The molecule has 29 heavy (non-hydrogen) atoms. The number of ether oxygens (including phenoxy) is 1. The molecule has 2 rings (SSSR count). The van der Waals surface area contributed by atoms with Gasteiger partial charge in [-0.1, -0.05) is 43.7 Å². The van der Waals surface area contributed by atoms with Crippen LogP contribution in [0.3, 0.4) is 0 Å². The molecule has 158 valence electrons. The van der Waals surface area contributed by atoms with Gasteiger partial charge in [0.25, 0.3) is 0 Å². The Bertz CT molecular complexity index is 803. The van der Waals surface area contributed by atoms with Crippen LogP contribution in [0.25, 0.3) is 5.57 Å². The number of aliphatic hydroxyl groups excluding tert-OH is 2. The van der Waals surface area contributed by atoms with Crippen LogP contribution < -0.4 is 4.74 Å². The molecule has 0 unspecified atom stereocenters. The molecule has 4 heteroatoms. The topological polar surface area (TPSA) is 69.9 Å². The molecule has 0 amide bonds. The minimum atomic E-state index is -0.655. The van der Waals surface area contributed by atoms with Gasteiger partial charge in [-0.15, -0.1) is 0 Å². The van der Waals surface area contributed by atoms with Crippen LogP contribution in [0.2, 0.25) is 0 Å². The Hall–Kier alpha value is -2.14. The van der Waals surface area contributed by atoms with Crippen LogP contribution >= 0.6 is 0 Å². The second-order valence-corrected chi connectivity index (χ2v) is 8.07. The van der Waals surface area contributed by atoms with E-state index in [1.807, 2.05) is 44.2 Å². The van der Waals surface area contributed by atoms with Gasteiger partial charge in [0.15, 0.2) is 0 Å². The third kappa shape index (κ3) is 7.65. The Kier molecular flexibility index (Phi) is 8.90. The molecular formula is C25H34O4. The van der Waals surface area contributed by atoms with E-state index in [-0.39, 0.29) is 13.2 Å². The number of hydrogen-bond acceptors (Lipinski definition) is 4. The van der Waals surface area contributed by atoms with Gasteiger partial charge in [-0.3, -0.25) is 0 Å². The van der Waals surface area contributed by atoms with Crippen LogP contribution in [0.5, 0.6) is 5.75 Å². The van der Waals surface area contributed by atoms with E-state index in [4.69, 9.17) is 4.74 Å². The van der Waals surface area contributed by atoms with Crippen LogP contribution in [0.15, 0.2) is 48.5 Å². The van der Waals surface area contributed by atoms with Crippen molar-refractivity contribution in [3.05, 3.63) is 70.8 Å². The Morgan fingerprint density at radius 2 is 1.79 bits per heavy atom. The molecule has 0 saturated carbocycles. The van der Waals surface area contributed by atoms with Crippen molar-refractivity contribution in [2.24, 2.45) is 0 Å². The Morgan fingerprint density at radius 3 is 2.45 bits per heavy atom. The molecule has 0 spiro atoms. The van der Waals surface area contributed by atoms with E-state index in [1.165, 1.54) is 5.57 Å². The van der Waals surface area contributed by atoms with Gasteiger partial charge in [0.05, 0.1) is 18.8 Å². The summed E-state index contributed by atoms with van der Waals surface area (Å²) in [6, 6.07) is 13.7. The summed E-state index contributed by atoms with van der Waals surface area (Å²) in [6.07, 6.45) is 5.83. The lowest BCUT2D eigenvalue weighted by molar-refractivity contribution is 0.0722. The maximum Gasteiger partial charge on any atom is 0.120 e. The Balaban J connectivity index is 2.10. The highest BCUT2D eigenvalue weighted by Crippen LogP contribution is 2.26. The van der Waals surface area contributed by atoms with E-state index in [2.05, 4.69) is 25.1 Å². The summed E-state index contributed by atoms with van der Waals surface area (Å²) in [5.41, 5.74) is 4.17. The highest BCUT2D eigenvalue weighted by atomic mass is 16.5. The molecule has 0 fully saturated rings. The molecule has 0 aromatic heterocycles. The first kappa shape index (κ1) is 23.1. The van der Waals surface area contributed by atoms with Crippen molar-refractivity contribution in [2.45, 2.75) is 71.9 Å². The van der Waals surface area contributed by atoms with Gasteiger partial charge in [-0.05, 0) is 79.1 Å². The third-order valence-corrected chi connectivity index (χ3v) is 4.89. The standard InChI is InChI=1S/C25H34O4/c1-4-7-20(9-6-13-25(2,3)28)21-8-5-10-24(15-21)29-18-19-11-12-22(16-26)23(14-19)17-27/h5,8-12,14-15,26-28H,4,6-7,13,16-18H2,1-3H3.